The molecule has 2 rings (SSSR count). The van der Waals surface area contributed by atoms with Crippen LogP contribution in [0.4, 0.5) is 0 Å². The number of aromatic hydroxyl groups is 2. The Morgan fingerprint density at radius 2 is 1.10 bits per heavy atom. The molecular weight excluding hydrogens is 446 g/mol. The van der Waals surface area contributed by atoms with Crippen LogP contribution in [-0.2, 0) is 18.0 Å². The zero-order chi connectivity index (χ0) is 23.7. The Hall–Kier alpha value is -1.96. The third kappa shape index (κ3) is 9.80. The molecule has 0 aromatic heterocycles. The number of hydrogen-bond acceptors (Lipinski definition) is 6. The molecule has 172 valence electrons. The van der Waals surface area contributed by atoms with Gasteiger partial charge in [0.1, 0.15) is 11.5 Å². The summed E-state index contributed by atoms with van der Waals surface area (Å²) in [5, 5.41) is 18.8. The summed E-state index contributed by atoms with van der Waals surface area (Å²) >= 11 is 0. The number of phenolic OH excluding ortho intramolecular Hbond substituents is 2. The molecule has 31 heavy (non-hydrogen) atoms. The first-order valence-corrected chi connectivity index (χ1v) is 12.5. The summed E-state index contributed by atoms with van der Waals surface area (Å²) in [6, 6.07) is 14.7. The SMILES string of the molecule is CC/C(=C(/CC)c1ccc(O)cc1)c1ccc(O)cc1.CCOP(=O)(O)OP(=O)(O)O. The highest BCUT2D eigenvalue weighted by atomic mass is 31.3. The molecular formula is C20H28O9P2. The molecule has 0 heterocycles. The van der Waals surface area contributed by atoms with Crippen molar-refractivity contribution in [1.29, 1.82) is 0 Å². The lowest BCUT2D eigenvalue weighted by Gasteiger charge is -2.14. The molecule has 11 heteroatoms. The minimum absolute atomic E-state index is 0.173. The number of allylic oxidation sites excluding steroid dienone is 2. The molecule has 0 amide bonds. The number of benzene rings is 2. The Bertz CT molecular complexity index is 892. The monoisotopic (exact) mass is 474 g/mol. The molecule has 0 radical (unpaired) electrons. The zero-order valence-electron chi connectivity index (χ0n) is 17.5. The highest BCUT2D eigenvalue weighted by Crippen LogP contribution is 2.57. The second kappa shape index (κ2) is 12.2. The van der Waals surface area contributed by atoms with E-state index in [1.165, 1.54) is 18.1 Å². The maximum absolute atomic E-state index is 10.4. The molecule has 2 aromatic carbocycles. The number of phenols is 2. The molecule has 2 aromatic rings. The minimum atomic E-state index is -4.96. The van der Waals surface area contributed by atoms with E-state index in [0.29, 0.717) is 0 Å². The van der Waals surface area contributed by atoms with Crippen LogP contribution in [0.2, 0.25) is 0 Å². The summed E-state index contributed by atoms with van der Waals surface area (Å²) in [5.41, 5.74) is 4.82. The van der Waals surface area contributed by atoms with E-state index in [1.807, 2.05) is 24.3 Å². The number of rotatable bonds is 8. The third-order valence-electron chi connectivity index (χ3n) is 4.00. The van der Waals surface area contributed by atoms with Gasteiger partial charge in [-0.2, -0.15) is 4.31 Å². The van der Waals surface area contributed by atoms with E-state index >= 15 is 0 Å². The molecule has 0 aliphatic carbocycles. The van der Waals surface area contributed by atoms with Crippen molar-refractivity contribution >= 4 is 26.8 Å². The van der Waals surface area contributed by atoms with Crippen molar-refractivity contribution in [3.8, 4) is 11.5 Å². The normalized spacial score (nSPS) is 14.1. The van der Waals surface area contributed by atoms with Crippen molar-refractivity contribution < 1.29 is 42.9 Å². The summed E-state index contributed by atoms with van der Waals surface area (Å²) in [6.45, 7) is 5.48. The van der Waals surface area contributed by atoms with Gasteiger partial charge in [0.25, 0.3) is 0 Å². The van der Waals surface area contributed by atoms with E-state index in [2.05, 4.69) is 22.7 Å². The number of phosphoric acid groups is 2. The van der Waals surface area contributed by atoms with Crippen molar-refractivity contribution in [1.82, 2.24) is 0 Å². The maximum Gasteiger partial charge on any atom is 0.481 e. The van der Waals surface area contributed by atoms with Crippen LogP contribution in [0.15, 0.2) is 48.5 Å². The van der Waals surface area contributed by atoms with Gasteiger partial charge in [0, 0.05) is 0 Å². The minimum Gasteiger partial charge on any atom is -0.508 e. The number of hydrogen-bond donors (Lipinski definition) is 5. The van der Waals surface area contributed by atoms with Gasteiger partial charge < -0.3 is 24.9 Å². The Morgan fingerprint density at radius 1 is 0.742 bits per heavy atom. The molecule has 0 spiro atoms. The fourth-order valence-electron chi connectivity index (χ4n) is 2.83. The summed E-state index contributed by atoms with van der Waals surface area (Å²) in [7, 11) is -9.53. The first-order chi connectivity index (χ1) is 14.4. The molecule has 0 fully saturated rings. The largest absolute Gasteiger partial charge is 0.508 e. The highest BCUT2D eigenvalue weighted by molar-refractivity contribution is 7.60. The molecule has 1 unspecified atom stereocenters. The Labute approximate surface area is 181 Å². The Kier molecular flexibility index (Phi) is 10.6. The van der Waals surface area contributed by atoms with Crippen molar-refractivity contribution in [3.05, 3.63) is 59.7 Å². The van der Waals surface area contributed by atoms with E-state index < -0.39 is 15.6 Å². The van der Waals surface area contributed by atoms with Gasteiger partial charge in [0.05, 0.1) is 6.61 Å². The number of phosphoric ester groups is 1. The van der Waals surface area contributed by atoms with E-state index in [0.717, 1.165) is 24.0 Å². The van der Waals surface area contributed by atoms with E-state index in [4.69, 9.17) is 14.7 Å². The second-order valence-corrected chi connectivity index (χ2v) is 9.05. The van der Waals surface area contributed by atoms with Gasteiger partial charge in [-0.05, 0) is 66.3 Å². The lowest BCUT2D eigenvalue weighted by atomic mass is 9.91. The fourth-order valence-corrected chi connectivity index (χ4v) is 4.42. The predicted octanol–water partition coefficient (Wildman–Crippen LogP) is 5.06. The van der Waals surface area contributed by atoms with Gasteiger partial charge in [-0.15, -0.1) is 0 Å². The first kappa shape index (κ1) is 27.1. The van der Waals surface area contributed by atoms with Crippen LogP contribution in [0.5, 0.6) is 11.5 Å². The van der Waals surface area contributed by atoms with Gasteiger partial charge in [-0.3, -0.25) is 4.52 Å². The summed E-state index contributed by atoms with van der Waals surface area (Å²) in [4.78, 5) is 24.6. The van der Waals surface area contributed by atoms with Crippen LogP contribution in [0.3, 0.4) is 0 Å². The van der Waals surface area contributed by atoms with Crippen molar-refractivity contribution in [3.63, 3.8) is 0 Å². The lowest BCUT2D eigenvalue weighted by molar-refractivity contribution is 0.185. The molecule has 1 atom stereocenters. The van der Waals surface area contributed by atoms with Crippen molar-refractivity contribution in [2.24, 2.45) is 0 Å². The quantitative estimate of drug-likeness (QED) is 0.261. The summed E-state index contributed by atoms with van der Waals surface area (Å²) < 4.78 is 27.9. The van der Waals surface area contributed by atoms with Crippen molar-refractivity contribution in [2.75, 3.05) is 6.61 Å². The van der Waals surface area contributed by atoms with Crippen molar-refractivity contribution in [2.45, 2.75) is 33.6 Å². The van der Waals surface area contributed by atoms with E-state index in [9.17, 15) is 19.3 Å². The predicted molar refractivity (Wildman–Crippen MR) is 118 cm³/mol. The third-order valence-corrected chi connectivity index (χ3v) is 6.27. The smallest absolute Gasteiger partial charge is 0.481 e. The molecule has 9 nitrogen and oxygen atoms in total. The van der Waals surface area contributed by atoms with Crippen LogP contribution in [0, 0.1) is 0 Å². The van der Waals surface area contributed by atoms with Gasteiger partial charge in [-0.25, -0.2) is 9.13 Å². The van der Waals surface area contributed by atoms with Gasteiger partial charge in [0.15, 0.2) is 0 Å². The molecule has 5 N–H and O–H groups in total. The van der Waals surface area contributed by atoms with Crippen LogP contribution in [0.1, 0.15) is 44.7 Å². The lowest BCUT2D eigenvalue weighted by Crippen LogP contribution is -1.92. The van der Waals surface area contributed by atoms with Gasteiger partial charge >= 0.3 is 15.6 Å². The topological polar surface area (TPSA) is 154 Å². The van der Waals surface area contributed by atoms with Crippen LogP contribution >= 0.6 is 15.6 Å². The fraction of sp³-hybridized carbons (Fsp3) is 0.300. The van der Waals surface area contributed by atoms with E-state index in [-0.39, 0.29) is 18.1 Å². The zero-order valence-corrected chi connectivity index (χ0v) is 19.3. The highest BCUT2D eigenvalue weighted by Gasteiger charge is 2.31. The molecule has 0 saturated carbocycles. The molecule has 0 saturated heterocycles. The van der Waals surface area contributed by atoms with Crippen LogP contribution < -0.4 is 0 Å². The second-order valence-electron chi connectivity index (χ2n) is 6.22. The standard InChI is InChI=1S/C18H20O2.C2H8O7P2/c1-3-17(13-5-9-15(19)10-6-13)18(4-2)14-7-11-16(20)12-8-14;1-2-8-11(6,7)9-10(3,4)5/h5-12,19-20H,3-4H2,1-2H3;2H2,1H3,(H,6,7)(H2,3,4,5)/b18-17+;. The first-order valence-electron chi connectivity index (χ1n) is 9.47. The maximum atomic E-state index is 10.4. The summed E-state index contributed by atoms with van der Waals surface area (Å²) in [6.07, 6.45) is 1.85. The van der Waals surface area contributed by atoms with Gasteiger partial charge in [-0.1, -0.05) is 38.1 Å². The summed E-state index contributed by atoms with van der Waals surface area (Å²) in [5.74, 6) is 0.568. The Balaban J connectivity index is 0.000000373. The van der Waals surface area contributed by atoms with Crippen LogP contribution in [0.25, 0.3) is 11.1 Å². The van der Waals surface area contributed by atoms with Gasteiger partial charge in [0.2, 0.25) is 0 Å². The average molecular weight is 474 g/mol. The molecule has 0 aliphatic heterocycles. The average Bonchev–Trinajstić information content (AvgIpc) is 2.66. The molecule has 0 aliphatic rings. The molecule has 0 bridgehead atoms. The Morgan fingerprint density at radius 3 is 1.35 bits per heavy atom. The van der Waals surface area contributed by atoms with E-state index in [1.54, 1.807) is 24.3 Å². The van der Waals surface area contributed by atoms with Crippen LogP contribution in [-0.4, -0.2) is 31.5 Å².